The molecule has 3 aromatic heterocycles. The summed E-state index contributed by atoms with van der Waals surface area (Å²) >= 11 is 3.98. The van der Waals surface area contributed by atoms with Crippen molar-refractivity contribution in [3.05, 3.63) is 50.1 Å². The molecule has 3 aromatic rings. The molecule has 1 N–H and O–H groups in total. The van der Waals surface area contributed by atoms with E-state index in [1.165, 1.54) is 24.6 Å². The second-order valence-electron chi connectivity index (χ2n) is 6.44. The molecule has 0 aliphatic rings. The third-order valence-electron chi connectivity index (χ3n) is 4.31. The SMILES string of the molecule is CCOC(=O)c1c(N/C=C(\C#N)c2nc(-c3cccs3)cs2)sc(C(=O)OCCOC)c1C. The van der Waals surface area contributed by atoms with Crippen molar-refractivity contribution in [2.24, 2.45) is 0 Å². The Bertz CT molecular complexity index is 1190. The van der Waals surface area contributed by atoms with Crippen LogP contribution in [0, 0.1) is 18.3 Å². The molecule has 8 nitrogen and oxygen atoms in total. The summed E-state index contributed by atoms with van der Waals surface area (Å²) in [6.07, 6.45) is 1.48. The largest absolute Gasteiger partial charge is 0.462 e. The quantitative estimate of drug-likeness (QED) is 0.228. The van der Waals surface area contributed by atoms with Gasteiger partial charge in [-0.3, -0.25) is 0 Å². The minimum atomic E-state index is -0.564. The average Bonchev–Trinajstić information content (AvgIpc) is 3.55. The van der Waals surface area contributed by atoms with Crippen LogP contribution in [0.25, 0.3) is 16.1 Å². The number of nitriles is 1. The number of anilines is 1. The summed E-state index contributed by atoms with van der Waals surface area (Å²) in [5.74, 6) is -1.12. The summed E-state index contributed by atoms with van der Waals surface area (Å²) in [5, 5.41) is 17.4. The van der Waals surface area contributed by atoms with Gasteiger partial charge in [-0.25, -0.2) is 14.6 Å². The van der Waals surface area contributed by atoms with Crippen molar-refractivity contribution in [2.45, 2.75) is 13.8 Å². The predicted octanol–water partition coefficient (Wildman–Crippen LogP) is 5.20. The monoisotopic (exact) mass is 503 g/mol. The zero-order chi connectivity index (χ0) is 23.8. The molecule has 0 aliphatic heterocycles. The van der Waals surface area contributed by atoms with E-state index >= 15 is 0 Å². The zero-order valence-electron chi connectivity index (χ0n) is 18.2. The van der Waals surface area contributed by atoms with Crippen LogP contribution in [0.4, 0.5) is 5.00 Å². The molecule has 0 saturated carbocycles. The number of thiazole rings is 1. The first kappa shape index (κ1) is 24.6. The number of nitrogens with zero attached hydrogens (tertiary/aromatic N) is 2. The van der Waals surface area contributed by atoms with Gasteiger partial charge in [-0.1, -0.05) is 6.07 Å². The van der Waals surface area contributed by atoms with E-state index in [9.17, 15) is 14.9 Å². The Morgan fingerprint density at radius 3 is 2.73 bits per heavy atom. The standard InChI is InChI=1S/C22H21N3O5S3/c1-4-29-21(26)17-13(2)18(22(27)30-8-7-28-3)33-20(17)24-11-14(10-23)19-25-15(12-32-19)16-6-5-9-31-16/h5-6,9,11-12,24H,4,7-8H2,1-3H3/b14-11+. The maximum atomic E-state index is 12.6. The lowest BCUT2D eigenvalue weighted by molar-refractivity contribution is 0.0393. The fraction of sp³-hybridized carbons (Fsp3) is 0.273. The molecule has 172 valence electrons. The van der Waals surface area contributed by atoms with Crippen molar-refractivity contribution in [3.63, 3.8) is 0 Å². The maximum absolute atomic E-state index is 12.6. The molecule has 0 spiro atoms. The number of hydrogen-bond acceptors (Lipinski definition) is 11. The van der Waals surface area contributed by atoms with E-state index in [-0.39, 0.29) is 30.3 Å². The van der Waals surface area contributed by atoms with Gasteiger partial charge in [0, 0.05) is 18.7 Å². The minimum absolute atomic E-state index is 0.0965. The van der Waals surface area contributed by atoms with E-state index < -0.39 is 11.9 Å². The maximum Gasteiger partial charge on any atom is 0.348 e. The van der Waals surface area contributed by atoms with Crippen LogP contribution in [0.3, 0.4) is 0 Å². The number of aromatic nitrogens is 1. The third kappa shape index (κ3) is 5.85. The van der Waals surface area contributed by atoms with E-state index in [1.54, 1.807) is 25.2 Å². The van der Waals surface area contributed by atoms with E-state index in [1.807, 2.05) is 22.9 Å². The Morgan fingerprint density at radius 2 is 2.06 bits per heavy atom. The van der Waals surface area contributed by atoms with Crippen LogP contribution in [0.1, 0.15) is 37.5 Å². The molecule has 3 rings (SSSR count). The topological polar surface area (TPSA) is 111 Å². The Morgan fingerprint density at radius 1 is 1.24 bits per heavy atom. The molecule has 11 heteroatoms. The van der Waals surface area contributed by atoms with Crippen molar-refractivity contribution < 1.29 is 23.8 Å². The van der Waals surface area contributed by atoms with Crippen LogP contribution in [0.2, 0.25) is 0 Å². The molecule has 0 saturated heterocycles. The van der Waals surface area contributed by atoms with Gasteiger partial charge in [0.2, 0.25) is 0 Å². The minimum Gasteiger partial charge on any atom is -0.462 e. The number of carbonyl (C=O) groups is 2. The van der Waals surface area contributed by atoms with Gasteiger partial charge in [0.25, 0.3) is 0 Å². The first-order valence-corrected chi connectivity index (χ1v) is 12.4. The molecule has 0 amide bonds. The summed E-state index contributed by atoms with van der Waals surface area (Å²) in [6, 6.07) is 6.04. The number of esters is 2. The normalized spacial score (nSPS) is 11.2. The number of thiophene rings is 2. The van der Waals surface area contributed by atoms with Crippen LogP contribution in [0.5, 0.6) is 0 Å². The number of carbonyl (C=O) groups excluding carboxylic acids is 2. The highest BCUT2D eigenvalue weighted by Crippen LogP contribution is 2.35. The molecule has 0 radical (unpaired) electrons. The van der Waals surface area contributed by atoms with Crippen LogP contribution in [-0.2, 0) is 14.2 Å². The summed E-state index contributed by atoms with van der Waals surface area (Å²) in [5.41, 5.74) is 1.77. The number of hydrogen-bond donors (Lipinski definition) is 1. The van der Waals surface area contributed by atoms with Gasteiger partial charge < -0.3 is 19.5 Å². The van der Waals surface area contributed by atoms with Crippen molar-refractivity contribution in [1.29, 1.82) is 5.26 Å². The average molecular weight is 504 g/mol. The zero-order valence-corrected chi connectivity index (χ0v) is 20.6. The Kier molecular flexibility index (Phi) is 8.73. The van der Waals surface area contributed by atoms with Crippen molar-refractivity contribution in [3.8, 4) is 16.6 Å². The van der Waals surface area contributed by atoms with Gasteiger partial charge in [-0.15, -0.1) is 34.0 Å². The van der Waals surface area contributed by atoms with Crippen LogP contribution in [-0.4, -0.2) is 43.9 Å². The van der Waals surface area contributed by atoms with Gasteiger partial charge in [0.05, 0.1) is 29.3 Å². The Hall–Kier alpha value is -3.04. The van der Waals surface area contributed by atoms with E-state index in [0.29, 0.717) is 21.1 Å². The number of ether oxygens (including phenoxy) is 3. The summed E-state index contributed by atoms with van der Waals surface area (Å²) in [6.45, 7) is 3.91. The molecule has 0 fully saturated rings. The highest BCUT2D eigenvalue weighted by Gasteiger charge is 2.26. The second kappa shape index (κ2) is 11.7. The molecule has 3 heterocycles. The smallest absolute Gasteiger partial charge is 0.348 e. The first-order chi connectivity index (χ1) is 16.0. The lowest BCUT2D eigenvalue weighted by Crippen LogP contribution is -2.11. The number of nitrogens with one attached hydrogen (secondary N) is 1. The van der Waals surface area contributed by atoms with Crippen LogP contribution < -0.4 is 5.32 Å². The Balaban J connectivity index is 1.89. The first-order valence-electron chi connectivity index (χ1n) is 9.83. The van der Waals surface area contributed by atoms with Crippen molar-refractivity contribution in [1.82, 2.24) is 4.98 Å². The Labute approximate surface area is 203 Å². The molecular formula is C22H21N3O5S3. The van der Waals surface area contributed by atoms with E-state index in [4.69, 9.17) is 14.2 Å². The number of rotatable bonds is 10. The molecule has 0 atom stereocenters. The van der Waals surface area contributed by atoms with Crippen molar-refractivity contribution in [2.75, 3.05) is 32.2 Å². The highest BCUT2D eigenvalue weighted by atomic mass is 32.1. The van der Waals surface area contributed by atoms with E-state index in [2.05, 4.69) is 16.4 Å². The molecule has 0 aliphatic carbocycles. The molecule has 0 unspecified atom stereocenters. The summed E-state index contributed by atoms with van der Waals surface area (Å²) < 4.78 is 15.3. The fourth-order valence-corrected chi connectivity index (χ4v) is 5.36. The lowest BCUT2D eigenvalue weighted by atomic mass is 10.1. The van der Waals surface area contributed by atoms with Crippen molar-refractivity contribution >= 4 is 56.5 Å². The van der Waals surface area contributed by atoms with Gasteiger partial charge in [0.1, 0.15) is 33.1 Å². The highest BCUT2D eigenvalue weighted by molar-refractivity contribution is 7.18. The molecular weight excluding hydrogens is 482 g/mol. The predicted molar refractivity (Wildman–Crippen MR) is 130 cm³/mol. The number of allylic oxidation sites excluding steroid dienone is 1. The molecule has 33 heavy (non-hydrogen) atoms. The van der Waals surface area contributed by atoms with Crippen LogP contribution >= 0.6 is 34.0 Å². The van der Waals surface area contributed by atoms with Gasteiger partial charge in [-0.05, 0) is 30.9 Å². The van der Waals surface area contributed by atoms with Crippen LogP contribution in [0.15, 0.2) is 29.1 Å². The van der Waals surface area contributed by atoms with Gasteiger partial charge in [-0.2, -0.15) is 5.26 Å². The second-order valence-corrected chi connectivity index (χ2v) is 9.27. The van der Waals surface area contributed by atoms with Gasteiger partial charge in [0.15, 0.2) is 0 Å². The number of methoxy groups -OCH3 is 1. The third-order valence-corrected chi connectivity index (χ3v) is 7.28. The fourth-order valence-electron chi connectivity index (χ4n) is 2.76. The van der Waals surface area contributed by atoms with E-state index in [0.717, 1.165) is 21.9 Å². The lowest BCUT2D eigenvalue weighted by Gasteiger charge is -2.05. The van der Waals surface area contributed by atoms with Gasteiger partial charge >= 0.3 is 11.9 Å². The summed E-state index contributed by atoms with van der Waals surface area (Å²) in [4.78, 5) is 30.9. The molecule has 0 bridgehead atoms. The molecule has 0 aromatic carbocycles. The summed E-state index contributed by atoms with van der Waals surface area (Å²) in [7, 11) is 1.51.